The molecule has 0 aliphatic carbocycles. The Morgan fingerprint density at radius 2 is 2.50 bits per heavy atom. The Kier molecular flexibility index (Phi) is 2.55. The summed E-state index contributed by atoms with van der Waals surface area (Å²) in [7, 11) is 0. The molecule has 2 heterocycles. The second kappa shape index (κ2) is 3.85. The van der Waals surface area contributed by atoms with Gasteiger partial charge in [0.05, 0.1) is 18.4 Å². The standard InChI is InChI=1S/C8H11N5S/c1-6(9)7-4-11-12-13(7)5-8-10-2-3-14-8/h2-4,6H,5,9H2,1H3/t6-/m1/s1. The van der Waals surface area contributed by atoms with E-state index in [2.05, 4.69) is 15.3 Å². The molecule has 74 valence electrons. The van der Waals surface area contributed by atoms with Crippen LogP contribution in [-0.2, 0) is 6.54 Å². The van der Waals surface area contributed by atoms with Gasteiger partial charge in [0.1, 0.15) is 5.01 Å². The van der Waals surface area contributed by atoms with Gasteiger partial charge in [0.25, 0.3) is 0 Å². The molecule has 0 aliphatic rings. The summed E-state index contributed by atoms with van der Waals surface area (Å²) in [4.78, 5) is 4.18. The quantitative estimate of drug-likeness (QED) is 0.811. The van der Waals surface area contributed by atoms with Crippen molar-refractivity contribution in [2.24, 2.45) is 5.73 Å². The Morgan fingerprint density at radius 3 is 3.14 bits per heavy atom. The molecule has 6 heteroatoms. The zero-order chi connectivity index (χ0) is 9.97. The Morgan fingerprint density at radius 1 is 1.64 bits per heavy atom. The summed E-state index contributed by atoms with van der Waals surface area (Å²) in [5, 5.41) is 10.8. The van der Waals surface area contributed by atoms with Crippen LogP contribution in [-0.4, -0.2) is 20.0 Å². The highest BCUT2D eigenvalue weighted by molar-refractivity contribution is 7.09. The SMILES string of the molecule is C[C@@H](N)c1cnnn1Cc1nccs1. The van der Waals surface area contributed by atoms with Gasteiger partial charge in [0.2, 0.25) is 0 Å². The summed E-state index contributed by atoms with van der Waals surface area (Å²) in [5.74, 6) is 0. The number of thiazole rings is 1. The molecule has 5 nitrogen and oxygen atoms in total. The number of hydrogen-bond acceptors (Lipinski definition) is 5. The third-order valence-electron chi connectivity index (χ3n) is 1.88. The molecule has 0 amide bonds. The van der Waals surface area contributed by atoms with Crippen LogP contribution in [0.2, 0.25) is 0 Å². The lowest BCUT2D eigenvalue weighted by atomic mass is 10.3. The minimum Gasteiger partial charge on any atom is -0.323 e. The minimum atomic E-state index is -0.0510. The second-order valence-corrected chi connectivity index (χ2v) is 4.01. The first kappa shape index (κ1) is 9.29. The molecule has 14 heavy (non-hydrogen) atoms. The van der Waals surface area contributed by atoms with E-state index in [0.29, 0.717) is 6.54 Å². The van der Waals surface area contributed by atoms with Gasteiger partial charge in [-0.1, -0.05) is 5.21 Å². The van der Waals surface area contributed by atoms with Crippen LogP contribution in [0, 0.1) is 0 Å². The first-order valence-electron chi connectivity index (χ1n) is 4.29. The summed E-state index contributed by atoms with van der Waals surface area (Å²) in [6, 6.07) is -0.0510. The van der Waals surface area contributed by atoms with E-state index in [9.17, 15) is 0 Å². The van der Waals surface area contributed by atoms with Gasteiger partial charge in [-0.25, -0.2) is 9.67 Å². The summed E-state index contributed by atoms with van der Waals surface area (Å²) >= 11 is 1.60. The maximum absolute atomic E-state index is 5.77. The zero-order valence-corrected chi connectivity index (χ0v) is 8.61. The van der Waals surface area contributed by atoms with E-state index in [4.69, 9.17) is 5.73 Å². The lowest BCUT2D eigenvalue weighted by Gasteiger charge is -2.06. The smallest absolute Gasteiger partial charge is 0.114 e. The number of nitrogens with two attached hydrogens (primary N) is 1. The lowest BCUT2D eigenvalue weighted by Crippen LogP contribution is -2.13. The minimum absolute atomic E-state index is 0.0510. The van der Waals surface area contributed by atoms with Crippen molar-refractivity contribution in [2.75, 3.05) is 0 Å². The number of hydrogen-bond donors (Lipinski definition) is 1. The fraction of sp³-hybridized carbons (Fsp3) is 0.375. The molecular formula is C8H11N5S. The second-order valence-electron chi connectivity index (χ2n) is 3.03. The molecule has 0 aliphatic heterocycles. The van der Waals surface area contributed by atoms with Crippen LogP contribution in [0.5, 0.6) is 0 Å². The Labute approximate surface area is 85.6 Å². The van der Waals surface area contributed by atoms with Gasteiger partial charge in [0.15, 0.2) is 0 Å². The Bertz CT molecular complexity index is 392. The zero-order valence-electron chi connectivity index (χ0n) is 7.79. The van der Waals surface area contributed by atoms with E-state index in [1.54, 1.807) is 28.4 Å². The average Bonchev–Trinajstić information content (AvgIpc) is 2.75. The molecule has 0 fully saturated rings. The van der Waals surface area contributed by atoms with E-state index in [1.165, 1.54) is 0 Å². The third-order valence-corrected chi connectivity index (χ3v) is 2.65. The molecule has 0 radical (unpaired) electrons. The summed E-state index contributed by atoms with van der Waals surface area (Å²) in [6.45, 7) is 2.56. The van der Waals surface area contributed by atoms with E-state index in [1.807, 2.05) is 12.3 Å². The van der Waals surface area contributed by atoms with Crippen molar-refractivity contribution in [2.45, 2.75) is 19.5 Å². The van der Waals surface area contributed by atoms with Crippen LogP contribution in [0.1, 0.15) is 23.7 Å². The van der Waals surface area contributed by atoms with Gasteiger partial charge >= 0.3 is 0 Å². The van der Waals surface area contributed by atoms with Crippen LogP contribution < -0.4 is 5.73 Å². The number of aromatic nitrogens is 4. The molecule has 0 saturated carbocycles. The van der Waals surface area contributed by atoms with Gasteiger partial charge in [0, 0.05) is 17.6 Å². The monoisotopic (exact) mass is 209 g/mol. The van der Waals surface area contributed by atoms with Crippen LogP contribution in [0.3, 0.4) is 0 Å². The average molecular weight is 209 g/mol. The van der Waals surface area contributed by atoms with Crippen molar-refractivity contribution >= 4 is 11.3 Å². The number of nitrogens with zero attached hydrogens (tertiary/aromatic N) is 4. The van der Waals surface area contributed by atoms with Crippen LogP contribution in [0.4, 0.5) is 0 Å². The molecule has 0 aromatic carbocycles. The van der Waals surface area contributed by atoms with E-state index < -0.39 is 0 Å². The molecule has 2 aromatic heterocycles. The fourth-order valence-corrected chi connectivity index (χ4v) is 1.80. The molecule has 2 rings (SSSR count). The molecule has 2 aromatic rings. The first-order chi connectivity index (χ1) is 6.77. The van der Waals surface area contributed by atoms with Crippen molar-refractivity contribution in [3.8, 4) is 0 Å². The normalized spacial score (nSPS) is 13.0. The van der Waals surface area contributed by atoms with Crippen molar-refractivity contribution in [3.05, 3.63) is 28.5 Å². The van der Waals surface area contributed by atoms with E-state index >= 15 is 0 Å². The molecule has 0 spiro atoms. The maximum atomic E-state index is 5.77. The summed E-state index contributed by atoms with van der Waals surface area (Å²) in [5.41, 5.74) is 6.70. The number of rotatable bonds is 3. The van der Waals surface area contributed by atoms with Crippen molar-refractivity contribution < 1.29 is 0 Å². The van der Waals surface area contributed by atoms with Crippen molar-refractivity contribution in [1.82, 2.24) is 20.0 Å². The highest BCUT2D eigenvalue weighted by Gasteiger charge is 2.09. The van der Waals surface area contributed by atoms with Gasteiger partial charge in [-0.3, -0.25) is 0 Å². The van der Waals surface area contributed by atoms with Crippen LogP contribution in [0.25, 0.3) is 0 Å². The van der Waals surface area contributed by atoms with Crippen molar-refractivity contribution in [3.63, 3.8) is 0 Å². The third kappa shape index (κ3) is 1.80. The predicted octanol–water partition coefficient (Wildman–Crippen LogP) is 0.803. The Hall–Kier alpha value is -1.27. The topological polar surface area (TPSA) is 69.6 Å². The Balaban J connectivity index is 2.21. The molecule has 0 bridgehead atoms. The van der Waals surface area contributed by atoms with Crippen molar-refractivity contribution in [1.29, 1.82) is 0 Å². The predicted molar refractivity (Wildman–Crippen MR) is 53.8 cm³/mol. The van der Waals surface area contributed by atoms with Crippen LogP contribution >= 0.6 is 11.3 Å². The first-order valence-corrected chi connectivity index (χ1v) is 5.17. The largest absolute Gasteiger partial charge is 0.323 e. The van der Waals surface area contributed by atoms with Gasteiger partial charge < -0.3 is 5.73 Å². The molecular weight excluding hydrogens is 198 g/mol. The highest BCUT2D eigenvalue weighted by atomic mass is 32.1. The van der Waals surface area contributed by atoms with E-state index in [0.717, 1.165) is 10.7 Å². The molecule has 1 atom stereocenters. The highest BCUT2D eigenvalue weighted by Crippen LogP contribution is 2.11. The van der Waals surface area contributed by atoms with E-state index in [-0.39, 0.29) is 6.04 Å². The molecule has 0 saturated heterocycles. The maximum Gasteiger partial charge on any atom is 0.114 e. The van der Waals surface area contributed by atoms with Gasteiger partial charge in [-0.2, -0.15) is 0 Å². The summed E-state index contributed by atoms with van der Waals surface area (Å²) in [6.07, 6.45) is 3.47. The lowest BCUT2D eigenvalue weighted by molar-refractivity contribution is 0.589. The fourth-order valence-electron chi connectivity index (χ4n) is 1.20. The van der Waals surface area contributed by atoms with Gasteiger partial charge in [-0.15, -0.1) is 16.4 Å². The molecule has 0 unspecified atom stereocenters. The van der Waals surface area contributed by atoms with Gasteiger partial charge in [-0.05, 0) is 6.92 Å². The summed E-state index contributed by atoms with van der Waals surface area (Å²) < 4.78 is 1.78. The van der Waals surface area contributed by atoms with Crippen LogP contribution in [0.15, 0.2) is 17.8 Å². The molecule has 2 N–H and O–H groups in total.